The van der Waals surface area contributed by atoms with E-state index < -0.39 is 0 Å². The van der Waals surface area contributed by atoms with Crippen LogP contribution in [0, 0.1) is 0 Å². The number of nitrogens with one attached hydrogen (secondary N) is 2. The number of benzene rings is 2. The number of likely N-dealkylation sites (tertiary alicyclic amines) is 1. The van der Waals surface area contributed by atoms with Gasteiger partial charge in [-0.15, -0.1) is 0 Å². The maximum atomic E-state index is 12.4. The number of para-hydroxylation sites is 1. The number of allylic oxidation sites excluding steroid dienone is 4. The Kier molecular flexibility index (Phi) is 6.75. The molecule has 2 aromatic rings. The van der Waals surface area contributed by atoms with Crippen LogP contribution in [0.1, 0.15) is 29.6 Å². The Morgan fingerprint density at radius 3 is 2.39 bits per heavy atom. The lowest BCUT2D eigenvalue weighted by Crippen LogP contribution is -2.18. The van der Waals surface area contributed by atoms with Crippen LogP contribution in [0.15, 0.2) is 90.2 Å². The predicted octanol–water partition coefficient (Wildman–Crippen LogP) is 4.79. The summed E-state index contributed by atoms with van der Waals surface area (Å²) in [6.07, 6.45) is 10.4. The summed E-state index contributed by atoms with van der Waals surface area (Å²) < 4.78 is 0. The summed E-state index contributed by atoms with van der Waals surface area (Å²) in [7, 11) is 0. The summed E-state index contributed by atoms with van der Waals surface area (Å²) in [5.74, 6) is -0.0757. The van der Waals surface area contributed by atoms with Crippen molar-refractivity contribution in [3.05, 3.63) is 95.7 Å². The molecule has 0 unspecified atom stereocenters. The number of anilines is 2. The maximum absolute atomic E-state index is 12.4. The third kappa shape index (κ3) is 5.80. The normalized spacial score (nSPS) is 16.3. The van der Waals surface area contributed by atoms with Crippen molar-refractivity contribution >= 4 is 23.1 Å². The van der Waals surface area contributed by atoms with Gasteiger partial charge in [0.05, 0.1) is 0 Å². The Morgan fingerprint density at radius 2 is 1.65 bits per heavy atom. The van der Waals surface area contributed by atoms with E-state index in [1.54, 1.807) is 6.08 Å². The third-order valence-electron chi connectivity index (χ3n) is 5.50. The predicted molar refractivity (Wildman–Crippen MR) is 125 cm³/mol. The van der Waals surface area contributed by atoms with Crippen LogP contribution in [0.2, 0.25) is 0 Å². The van der Waals surface area contributed by atoms with Gasteiger partial charge in [0.1, 0.15) is 0 Å². The second-order valence-corrected chi connectivity index (χ2v) is 7.86. The van der Waals surface area contributed by atoms with E-state index >= 15 is 0 Å². The number of amides is 1. The van der Waals surface area contributed by atoms with Gasteiger partial charge >= 0.3 is 0 Å². The Bertz CT molecular complexity index is 1010. The topological polar surface area (TPSA) is 61.4 Å². The molecule has 1 saturated heterocycles. The molecule has 1 fully saturated rings. The number of rotatable bonds is 8. The van der Waals surface area contributed by atoms with Crippen molar-refractivity contribution in [2.75, 3.05) is 30.3 Å². The van der Waals surface area contributed by atoms with Crippen molar-refractivity contribution < 1.29 is 9.59 Å². The number of nitrogens with zero attached hydrogens (tertiary/aromatic N) is 1. The van der Waals surface area contributed by atoms with Gasteiger partial charge < -0.3 is 10.6 Å². The van der Waals surface area contributed by atoms with Crippen molar-refractivity contribution in [2.45, 2.75) is 19.3 Å². The summed E-state index contributed by atoms with van der Waals surface area (Å²) in [4.78, 5) is 27.1. The largest absolute Gasteiger partial charge is 0.359 e. The molecule has 0 atom stereocenters. The van der Waals surface area contributed by atoms with Crippen molar-refractivity contribution in [2.24, 2.45) is 0 Å². The van der Waals surface area contributed by atoms with Gasteiger partial charge in [-0.05, 0) is 74.5 Å². The second kappa shape index (κ2) is 10.0. The molecule has 0 aromatic heterocycles. The Hall–Kier alpha value is -3.44. The van der Waals surface area contributed by atoms with Crippen LogP contribution in [0.4, 0.5) is 11.4 Å². The molecule has 0 radical (unpaired) electrons. The summed E-state index contributed by atoms with van der Waals surface area (Å²) in [6, 6.07) is 16.9. The summed E-state index contributed by atoms with van der Waals surface area (Å²) >= 11 is 0. The first-order valence-electron chi connectivity index (χ1n) is 10.7. The molecule has 5 nitrogen and oxygen atoms in total. The smallest absolute Gasteiger partial charge is 0.251 e. The minimum Gasteiger partial charge on any atom is -0.359 e. The molecular formula is C26H27N3O2. The minimum atomic E-state index is -0.0964. The number of carbonyl (C=O) groups excluding carboxylic acids is 2. The first kappa shape index (κ1) is 20.8. The molecule has 2 aliphatic rings. The highest BCUT2D eigenvalue weighted by molar-refractivity contribution is 6.05. The average Bonchev–Trinajstić information content (AvgIpc) is 3.47. The van der Waals surface area contributed by atoms with E-state index in [0.717, 1.165) is 36.7 Å². The zero-order chi connectivity index (χ0) is 21.5. The van der Waals surface area contributed by atoms with Crippen molar-refractivity contribution in [3.63, 3.8) is 0 Å². The van der Waals surface area contributed by atoms with Gasteiger partial charge in [-0.25, -0.2) is 0 Å². The lowest BCUT2D eigenvalue weighted by atomic mass is 10.1. The minimum absolute atomic E-state index is 0.0207. The van der Waals surface area contributed by atoms with Crippen molar-refractivity contribution in [3.8, 4) is 0 Å². The van der Waals surface area contributed by atoms with Crippen LogP contribution in [0.3, 0.4) is 0 Å². The summed E-state index contributed by atoms with van der Waals surface area (Å²) in [5.41, 5.74) is 4.00. The van der Waals surface area contributed by atoms with E-state index in [2.05, 4.69) is 15.5 Å². The Morgan fingerprint density at radius 1 is 0.903 bits per heavy atom. The molecule has 5 heteroatoms. The molecule has 1 amide bonds. The van der Waals surface area contributed by atoms with Gasteiger partial charge in [0.25, 0.3) is 5.91 Å². The highest BCUT2D eigenvalue weighted by Gasteiger charge is 2.16. The lowest BCUT2D eigenvalue weighted by molar-refractivity contribution is -0.112. The third-order valence-corrected chi connectivity index (χ3v) is 5.50. The standard InChI is InChI=1S/C26H27N3O2/c30-25(9-6-18-29-16-4-5-17-29)20-10-13-23(14-11-20)27-24-15-12-21(19-24)26(31)28-22-7-2-1-3-8-22/h1-3,6-15,27H,4-5,16-19H2,(H,28,31)/b9-6+. The van der Waals surface area contributed by atoms with Gasteiger partial charge in [0.15, 0.2) is 5.78 Å². The number of ketones is 1. The molecule has 1 heterocycles. The number of hydrogen-bond donors (Lipinski definition) is 2. The summed E-state index contributed by atoms with van der Waals surface area (Å²) in [5, 5.41) is 6.24. The van der Waals surface area contributed by atoms with Gasteiger partial charge in [-0.2, -0.15) is 0 Å². The Balaban J connectivity index is 1.25. The van der Waals surface area contributed by atoms with E-state index in [9.17, 15) is 9.59 Å². The van der Waals surface area contributed by atoms with E-state index in [0.29, 0.717) is 17.6 Å². The number of carbonyl (C=O) groups is 2. The molecule has 0 saturated carbocycles. The SMILES string of the molecule is O=C(Nc1ccccc1)C1=CC=C(Nc2ccc(C(=O)/C=C/CN3CCCC3)cc2)C1. The van der Waals surface area contributed by atoms with Crippen LogP contribution in [0.25, 0.3) is 0 Å². The highest BCUT2D eigenvalue weighted by Crippen LogP contribution is 2.23. The first-order chi connectivity index (χ1) is 15.2. The second-order valence-electron chi connectivity index (χ2n) is 7.86. The molecule has 158 valence electrons. The highest BCUT2D eigenvalue weighted by atomic mass is 16.1. The van der Waals surface area contributed by atoms with E-state index in [4.69, 9.17) is 0 Å². The van der Waals surface area contributed by atoms with Gasteiger partial charge in [-0.1, -0.05) is 30.4 Å². The Labute approximate surface area is 183 Å². The molecule has 4 rings (SSSR count). The van der Waals surface area contributed by atoms with E-state index in [1.807, 2.05) is 72.8 Å². The van der Waals surface area contributed by atoms with Crippen LogP contribution < -0.4 is 10.6 Å². The average molecular weight is 414 g/mol. The van der Waals surface area contributed by atoms with Crippen molar-refractivity contribution in [1.82, 2.24) is 4.90 Å². The van der Waals surface area contributed by atoms with Crippen LogP contribution in [-0.4, -0.2) is 36.2 Å². The van der Waals surface area contributed by atoms with Gasteiger partial charge in [-0.3, -0.25) is 14.5 Å². The van der Waals surface area contributed by atoms with Crippen LogP contribution >= 0.6 is 0 Å². The maximum Gasteiger partial charge on any atom is 0.251 e. The first-order valence-corrected chi connectivity index (χ1v) is 10.7. The van der Waals surface area contributed by atoms with Gasteiger partial charge in [0.2, 0.25) is 0 Å². The monoisotopic (exact) mass is 413 g/mol. The molecule has 2 aromatic carbocycles. The van der Waals surface area contributed by atoms with Gasteiger partial charge in [0, 0.05) is 41.2 Å². The van der Waals surface area contributed by atoms with E-state index in [-0.39, 0.29) is 11.7 Å². The summed E-state index contributed by atoms with van der Waals surface area (Å²) in [6.45, 7) is 3.09. The fraction of sp³-hybridized carbons (Fsp3) is 0.231. The van der Waals surface area contributed by atoms with Crippen LogP contribution in [0.5, 0.6) is 0 Å². The lowest BCUT2D eigenvalue weighted by Gasteiger charge is -2.10. The van der Waals surface area contributed by atoms with Crippen LogP contribution in [-0.2, 0) is 4.79 Å². The molecular weight excluding hydrogens is 386 g/mol. The molecule has 1 aliphatic heterocycles. The fourth-order valence-electron chi connectivity index (χ4n) is 3.77. The molecule has 1 aliphatic carbocycles. The molecule has 2 N–H and O–H groups in total. The molecule has 0 bridgehead atoms. The molecule has 31 heavy (non-hydrogen) atoms. The zero-order valence-corrected chi connectivity index (χ0v) is 17.5. The van der Waals surface area contributed by atoms with E-state index in [1.165, 1.54) is 12.8 Å². The number of hydrogen-bond acceptors (Lipinski definition) is 4. The molecule has 0 spiro atoms. The quantitative estimate of drug-likeness (QED) is 0.483. The zero-order valence-electron chi connectivity index (χ0n) is 17.5. The fourth-order valence-corrected chi connectivity index (χ4v) is 3.77. The van der Waals surface area contributed by atoms with Crippen molar-refractivity contribution in [1.29, 1.82) is 0 Å².